The van der Waals surface area contributed by atoms with Gasteiger partial charge in [0.2, 0.25) is 0 Å². The average Bonchev–Trinajstić information content (AvgIpc) is 2.95. The van der Waals surface area contributed by atoms with Gasteiger partial charge in [0.1, 0.15) is 0 Å². The van der Waals surface area contributed by atoms with Gasteiger partial charge in [-0.05, 0) is 25.3 Å². The number of esters is 1. The minimum atomic E-state index is -0.409. The molecule has 0 spiro atoms. The van der Waals surface area contributed by atoms with Gasteiger partial charge in [0.25, 0.3) is 0 Å². The summed E-state index contributed by atoms with van der Waals surface area (Å²) < 4.78 is 6.61. The number of carbonyl (C=O) groups excluding carboxylic acids is 1. The van der Waals surface area contributed by atoms with Crippen molar-refractivity contribution in [2.24, 2.45) is 5.92 Å². The molecule has 1 aliphatic heterocycles. The highest BCUT2D eigenvalue weighted by Gasteiger charge is 2.29. The Kier molecular flexibility index (Phi) is 3.96. The zero-order valence-electron chi connectivity index (χ0n) is 11.1. The zero-order valence-corrected chi connectivity index (χ0v) is 11.1. The lowest BCUT2D eigenvalue weighted by atomic mass is 10.1. The SMILES string of the molecule is COC(=O)c1nnn(CC(C)C)c1C1CCCN1. The Morgan fingerprint density at radius 1 is 1.61 bits per heavy atom. The molecule has 6 nitrogen and oxygen atoms in total. The van der Waals surface area contributed by atoms with Crippen molar-refractivity contribution in [1.82, 2.24) is 20.3 Å². The standard InChI is InChI=1S/C12H20N4O2/c1-8(2)7-16-11(9-5-4-6-13-9)10(14-15-16)12(17)18-3/h8-9,13H,4-7H2,1-3H3. The molecule has 1 aromatic heterocycles. The van der Waals surface area contributed by atoms with Gasteiger partial charge in [-0.3, -0.25) is 0 Å². The average molecular weight is 252 g/mol. The molecule has 1 atom stereocenters. The fourth-order valence-corrected chi connectivity index (χ4v) is 2.31. The van der Waals surface area contributed by atoms with Crippen molar-refractivity contribution >= 4 is 5.97 Å². The van der Waals surface area contributed by atoms with E-state index in [1.165, 1.54) is 7.11 Å². The molecule has 1 aliphatic rings. The molecule has 0 radical (unpaired) electrons. The van der Waals surface area contributed by atoms with E-state index in [0.717, 1.165) is 31.6 Å². The lowest BCUT2D eigenvalue weighted by Gasteiger charge is -2.15. The van der Waals surface area contributed by atoms with E-state index in [0.29, 0.717) is 11.6 Å². The number of hydrogen-bond donors (Lipinski definition) is 1. The fraction of sp³-hybridized carbons (Fsp3) is 0.750. The maximum Gasteiger partial charge on any atom is 0.360 e. The third-order valence-corrected chi connectivity index (χ3v) is 3.08. The molecule has 6 heteroatoms. The Morgan fingerprint density at radius 2 is 2.39 bits per heavy atom. The van der Waals surface area contributed by atoms with E-state index >= 15 is 0 Å². The first kappa shape index (κ1) is 13.0. The topological polar surface area (TPSA) is 69.0 Å². The Hall–Kier alpha value is -1.43. The van der Waals surface area contributed by atoms with Crippen LogP contribution in [-0.2, 0) is 11.3 Å². The lowest BCUT2D eigenvalue weighted by Crippen LogP contribution is -2.22. The summed E-state index contributed by atoms with van der Waals surface area (Å²) in [5.74, 6) is 0.0473. The molecule has 0 aliphatic carbocycles. The van der Waals surface area contributed by atoms with Crippen molar-refractivity contribution in [1.29, 1.82) is 0 Å². The smallest absolute Gasteiger partial charge is 0.360 e. The first-order chi connectivity index (χ1) is 8.63. The molecular weight excluding hydrogens is 232 g/mol. The molecule has 1 unspecified atom stereocenters. The van der Waals surface area contributed by atoms with Gasteiger partial charge in [-0.15, -0.1) is 5.10 Å². The van der Waals surface area contributed by atoms with Crippen LogP contribution < -0.4 is 5.32 Å². The van der Waals surface area contributed by atoms with Crippen LogP contribution in [0.3, 0.4) is 0 Å². The van der Waals surface area contributed by atoms with Crippen molar-refractivity contribution in [2.45, 2.75) is 39.3 Å². The summed E-state index contributed by atoms with van der Waals surface area (Å²) in [7, 11) is 1.37. The minimum absolute atomic E-state index is 0.160. The molecule has 1 N–H and O–H groups in total. The second kappa shape index (κ2) is 5.48. The number of methoxy groups -OCH3 is 1. The highest BCUT2D eigenvalue weighted by atomic mass is 16.5. The predicted molar refractivity (Wildman–Crippen MR) is 66.2 cm³/mol. The van der Waals surface area contributed by atoms with Crippen LogP contribution in [0.1, 0.15) is 48.9 Å². The van der Waals surface area contributed by atoms with Crippen molar-refractivity contribution < 1.29 is 9.53 Å². The van der Waals surface area contributed by atoms with E-state index in [1.54, 1.807) is 0 Å². The summed E-state index contributed by atoms with van der Waals surface area (Å²) in [5.41, 5.74) is 1.21. The monoisotopic (exact) mass is 252 g/mol. The van der Waals surface area contributed by atoms with Crippen molar-refractivity contribution in [3.05, 3.63) is 11.4 Å². The molecule has 0 aromatic carbocycles. The third-order valence-electron chi connectivity index (χ3n) is 3.08. The summed E-state index contributed by atoms with van der Waals surface area (Å²) in [5, 5.41) is 11.5. The number of nitrogens with zero attached hydrogens (tertiary/aromatic N) is 3. The summed E-state index contributed by atoms with van der Waals surface area (Å²) in [6, 6.07) is 0.160. The molecule has 2 heterocycles. The van der Waals surface area contributed by atoms with Crippen LogP contribution in [0, 0.1) is 5.92 Å². The summed E-state index contributed by atoms with van der Waals surface area (Å²) >= 11 is 0. The third kappa shape index (κ3) is 2.53. The molecule has 1 saturated heterocycles. The second-order valence-corrected chi connectivity index (χ2v) is 5.04. The van der Waals surface area contributed by atoms with Crippen molar-refractivity contribution in [2.75, 3.05) is 13.7 Å². The summed E-state index contributed by atoms with van der Waals surface area (Å²) in [6.45, 7) is 5.96. The Morgan fingerprint density at radius 3 is 2.94 bits per heavy atom. The van der Waals surface area contributed by atoms with E-state index in [-0.39, 0.29) is 6.04 Å². The number of carbonyl (C=O) groups is 1. The molecule has 0 bridgehead atoms. The molecule has 18 heavy (non-hydrogen) atoms. The Labute approximate surface area is 107 Å². The van der Waals surface area contributed by atoms with Crippen LogP contribution in [0.4, 0.5) is 0 Å². The molecule has 1 aromatic rings. The molecule has 0 saturated carbocycles. The fourth-order valence-electron chi connectivity index (χ4n) is 2.31. The summed E-state index contributed by atoms with van der Waals surface area (Å²) in [4.78, 5) is 11.7. The van der Waals surface area contributed by atoms with Gasteiger partial charge in [0, 0.05) is 6.54 Å². The number of ether oxygens (including phenoxy) is 1. The maximum absolute atomic E-state index is 11.7. The van der Waals surface area contributed by atoms with Gasteiger partial charge < -0.3 is 10.1 Å². The molecule has 2 rings (SSSR count). The van der Waals surface area contributed by atoms with Gasteiger partial charge in [-0.2, -0.15) is 0 Å². The molecular formula is C12H20N4O2. The highest BCUT2D eigenvalue weighted by Crippen LogP contribution is 2.25. The normalized spacial score (nSPS) is 19.4. The lowest BCUT2D eigenvalue weighted by molar-refractivity contribution is 0.0591. The van der Waals surface area contributed by atoms with Crippen LogP contribution in [0.2, 0.25) is 0 Å². The van der Waals surface area contributed by atoms with Crippen LogP contribution >= 0.6 is 0 Å². The quantitative estimate of drug-likeness (QED) is 0.814. The van der Waals surface area contributed by atoms with Crippen LogP contribution in [-0.4, -0.2) is 34.6 Å². The minimum Gasteiger partial charge on any atom is -0.464 e. The second-order valence-electron chi connectivity index (χ2n) is 5.04. The number of aromatic nitrogens is 3. The van der Waals surface area contributed by atoms with E-state index in [4.69, 9.17) is 4.74 Å². The maximum atomic E-state index is 11.7. The van der Waals surface area contributed by atoms with Gasteiger partial charge >= 0.3 is 5.97 Å². The summed E-state index contributed by atoms with van der Waals surface area (Å²) in [6.07, 6.45) is 2.12. The zero-order chi connectivity index (χ0) is 13.1. The van der Waals surface area contributed by atoms with Gasteiger partial charge in [0.05, 0.1) is 18.8 Å². The molecule has 0 amide bonds. The van der Waals surface area contributed by atoms with E-state index in [1.807, 2.05) is 4.68 Å². The Balaban J connectivity index is 2.35. The van der Waals surface area contributed by atoms with Gasteiger partial charge in [-0.25, -0.2) is 9.48 Å². The van der Waals surface area contributed by atoms with E-state index < -0.39 is 5.97 Å². The number of rotatable bonds is 4. The predicted octanol–water partition coefficient (Wildman–Crippen LogP) is 1.15. The molecule has 100 valence electrons. The van der Waals surface area contributed by atoms with E-state index in [9.17, 15) is 4.79 Å². The van der Waals surface area contributed by atoms with Crippen LogP contribution in [0.15, 0.2) is 0 Å². The van der Waals surface area contributed by atoms with Gasteiger partial charge in [-0.1, -0.05) is 19.1 Å². The first-order valence-corrected chi connectivity index (χ1v) is 6.38. The number of nitrogens with one attached hydrogen (secondary N) is 1. The van der Waals surface area contributed by atoms with Crippen molar-refractivity contribution in [3.63, 3.8) is 0 Å². The van der Waals surface area contributed by atoms with E-state index in [2.05, 4.69) is 29.5 Å². The van der Waals surface area contributed by atoms with Gasteiger partial charge in [0.15, 0.2) is 5.69 Å². The largest absolute Gasteiger partial charge is 0.464 e. The number of hydrogen-bond acceptors (Lipinski definition) is 5. The highest BCUT2D eigenvalue weighted by molar-refractivity contribution is 5.88. The Bertz CT molecular complexity index is 422. The van der Waals surface area contributed by atoms with Crippen LogP contribution in [0.25, 0.3) is 0 Å². The first-order valence-electron chi connectivity index (χ1n) is 6.38. The van der Waals surface area contributed by atoms with Crippen LogP contribution in [0.5, 0.6) is 0 Å². The molecule has 1 fully saturated rings. The van der Waals surface area contributed by atoms with Crippen molar-refractivity contribution in [3.8, 4) is 0 Å².